The summed E-state index contributed by atoms with van der Waals surface area (Å²) in [6, 6.07) is 10.2. The van der Waals surface area contributed by atoms with Gasteiger partial charge in [0.15, 0.2) is 0 Å². The van der Waals surface area contributed by atoms with Crippen LogP contribution in [0.1, 0.15) is 11.1 Å². The Balaban J connectivity index is 1.64. The lowest BCUT2D eigenvalue weighted by Gasteiger charge is -2.09. The van der Waals surface area contributed by atoms with Gasteiger partial charge in [-0.3, -0.25) is 4.79 Å². The van der Waals surface area contributed by atoms with Crippen molar-refractivity contribution in [1.29, 1.82) is 0 Å². The maximum atomic E-state index is 12.5. The van der Waals surface area contributed by atoms with E-state index in [4.69, 9.17) is 16.0 Å². The molecule has 0 unspecified atom stereocenters. The number of hydrogen-bond donors (Lipinski definition) is 3. The molecule has 0 aliphatic heterocycles. The highest BCUT2D eigenvalue weighted by Gasteiger charge is 2.16. The number of aromatic hydroxyl groups is 1. The molecule has 0 atom stereocenters. The number of carbonyl (C=O) groups is 1. The first-order chi connectivity index (χ1) is 12.9. The number of rotatable bonds is 3. The third kappa shape index (κ3) is 3.15. The van der Waals surface area contributed by atoms with Gasteiger partial charge in [0.2, 0.25) is 5.91 Å². The van der Waals surface area contributed by atoms with E-state index in [0.717, 1.165) is 10.9 Å². The summed E-state index contributed by atoms with van der Waals surface area (Å²) < 4.78 is 5.25. The lowest BCUT2D eigenvalue weighted by atomic mass is 10.0. The number of amides is 1. The standard InChI is InChI=1S/C20H15ClN2O4/c1-10-13-7-15(21)17(24)9-18(13)27-20(26)14(10)8-19(25)23-12-2-3-16-11(6-12)4-5-22-16/h2-7,9,22,24H,8H2,1H3,(H,23,25). The molecule has 0 aliphatic carbocycles. The average Bonchev–Trinajstić information content (AvgIpc) is 3.08. The number of benzene rings is 2. The van der Waals surface area contributed by atoms with Gasteiger partial charge in [0.05, 0.1) is 17.0 Å². The van der Waals surface area contributed by atoms with Crippen molar-refractivity contribution >= 4 is 45.1 Å². The molecule has 0 radical (unpaired) electrons. The summed E-state index contributed by atoms with van der Waals surface area (Å²) in [4.78, 5) is 27.9. The molecule has 0 aliphatic rings. The Hall–Kier alpha value is -3.25. The number of nitrogens with one attached hydrogen (secondary N) is 2. The van der Waals surface area contributed by atoms with Gasteiger partial charge in [-0.15, -0.1) is 0 Å². The number of anilines is 1. The largest absolute Gasteiger partial charge is 0.506 e. The van der Waals surface area contributed by atoms with Crippen LogP contribution in [0.15, 0.2) is 51.8 Å². The van der Waals surface area contributed by atoms with Crippen molar-refractivity contribution in [3.63, 3.8) is 0 Å². The lowest BCUT2D eigenvalue weighted by Crippen LogP contribution is -2.20. The first-order valence-corrected chi connectivity index (χ1v) is 8.62. The highest BCUT2D eigenvalue weighted by molar-refractivity contribution is 6.32. The van der Waals surface area contributed by atoms with Crippen molar-refractivity contribution in [3.05, 3.63) is 69.2 Å². The highest BCUT2D eigenvalue weighted by atomic mass is 35.5. The minimum Gasteiger partial charge on any atom is -0.506 e. The van der Waals surface area contributed by atoms with E-state index in [-0.39, 0.29) is 34.2 Å². The van der Waals surface area contributed by atoms with E-state index in [1.165, 1.54) is 12.1 Å². The molecule has 2 aromatic heterocycles. The van der Waals surface area contributed by atoms with Gasteiger partial charge in [-0.1, -0.05) is 11.6 Å². The van der Waals surface area contributed by atoms with E-state index >= 15 is 0 Å². The Morgan fingerprint density at radius 2 is 2.07 bits per heavy atom. The van der Waals surface area contributed by atoms with Gasteiger partial charge in [0.1, 0.15) is 11.3 Å². The molecule has 2 aromatic carbocycles. The van der Waals surface area contributed by atoms with Crippen molar-refractivity contribution in [2.24, 2.45) is 0 Å². The predicted molar refractivity (Wildman–Crippen MR) is 105 cm³/mol. The number of halogens is 1. The van der Waals surface area contributed by atoms with E-state index in [1.54, 1.807) is 13.0 Å². The van der Waals surface area contributed by atoms with Crippen LogP contribution in [0.5, 0.6) is 5.75 Å². The smallest absolute Gasteiger partial charge is 0.340 e. The normalized spacial score (nSPS) is 11.2. The molecular weight excluding hydrogens is 368 g/mol. The number of fused-ring (bicyclic) bond motifs is 2. The van der Waals surface area contributed by atoms with Gasteiger partial charge in [0.25, 0.3) is 0 Å². The van der Waals surface area contributed by atoms with Crippen LogP contribution in [0.3, 0.4) is 0 Å². The summed E-state index contributed by atoms with van der Waals surface area (Å²) in [5, 5.41) is 14.2. The Kier molecular flexibility index (Phi) is 4.12. The maximum Gasteiger partial charge on any atom is 0.340 e. The van der Waals surface area contributed by atoms with Gasteiger partial charge in [-0.25, -0.2) is 4.79 Å². The van der Waals surface area contributed by atoms with Crippen LogP contribution in [0.2, 0.25) is 5.02 Å². The van der Waals surface area contributed by atoms with Crippen LogP contribution in [0.4, 0.5) is 5.69 Å². The fourth-order valence-corrected chi connectivity index (χ4v) is 3.26. The van der Waals surface area contributed by atoms with Gasteiger partial charge < -0.3 is 19.8 Å². The van der Waals surface area contributed by atoms with Crippen LogP contribution in [0, 0.1) is 6.92 Å². The molecule has 0 spiro atoms. The number of aromatic nitrogens is 1. The maximum absolute atomic E-state index is 12.5. The third-order valence-electron chi connectivity index (χ3n) is 4.53. The Labute approximate surface area is 158 Å². The number of H-pyrrole nitrogens is 1. The van der Waals surface area contributed by atoms with Gasteiger partial charge >= 0.3 is 5.63 Å². The highest BCUT2D eigenvalue weighted by Crippen LogP contribution is 2.31. The van der Waals surface area contributed by atoms with Gasteiger partial charge in [-0.05, 0) is 42.8 Å². The van der Waals surface area contributed by atoms with Crippen LogP contribution >= 0.6 is 11.6 Å². The fourth-order valence-electron chi connectivity index (χ4n) is 3.10. The van der Waals surface area contributed by atoms with Crippen LogP contribution < -0.4 is 10.9 Å². The molecule has 4 rings (SSSR count). The first kappa shape index (κ1) is 17.2. The molecular formula is C20H15ClN2O4. The van der Waals surface area contributed by atoms with E-state index in [2.05, 4.69) is 10.3 Å². The quantitative estimate of drug-likeness (QED) is 0.464. The monoisotopic (exact) mass is 382 g/mol. The van der Waals surface area contributed by atoms with Gasteiger partial charge in [0, 0.05) is 34.2 Å². The summed E-state index contributed by atoms with van der Waals surface area (Å²) in [7, 11) is 0. The predicted octanol–water partition coefficient (Wildman–Crippen LogP) is 4.12. The molecule has 0 saturated carbocycles. The number of aromatic amines is 1. The molecule has 6 nitrogen and oxygen atoms in total. The average molecular weight is 383 g/mol. The van der Waals surface area contributed by atoms with E-state index in [1.807, 2.05) is 24.4 Å². The number of aryl methyl sites for hydroxylation is 1. The topological polar surface area (TPSA) is 95.3 Å². The molecule has 2 heterocycles. The molecule has 1 amide bonds. The Morgan fingerprint density at radius 1 is 1.26 bits per heavy atom. The summed E-state index contributed by atoms with van der Waals surface area (Å²) in [5.41, 5.74) is 2.07. The van der Waals surface area contributed by atoms with Crippen molar-refractivity contribution in [3.8, 4) is 5.75 Å². The third-order valence-corrected chi connectivity index (χ3v) is 4.83. The molecule has 27 heavy (non-hydrogen) atoms. The van der Waals surface area contributed by atoms with E-state index in [0.29, 0.717) is 16.6 Å². The van der Waals surface area contributed by atoms with Crippen LogP contribution in [-0.4, -0.2) is 16.0 Å². The zero-order chi connectivity index (χ0) is 19.1. The number of carbonyl (C=O) groups excluding carboxylic acids is 1. The minimum absolute atomic E-state index is 0.131. The number of phenols is 1. The summed E-state index contributed by atoms with van der Waals surface area (Å²) >= 11 is 5.95. The van der Waals surface area contributed by atoms with Crippen molar-refractivity contribution < 1.29 is 14.3 Å². The second-order valence-corrected chi connectivity index (χ2v) is 6.70. The Bertz CT molecular complexity index is 1260. The van der Waals surface area contributed by atoms with Crippen molar-refractivity contribution in [2.45, 2.75) is 13.3 Å². The van der Waals surface area contributed by atoms with Crippen LogP contribution in [-0.2, 0) is 11.2 Å². The summed E-state index contributed by atoms with van der Waals surface area (Å²) in [6.45, 7) is 1.72. The second-order valence-electron chi connectivity index (χ2n) is 6.30. The molecule has 136 valence electrons. The molecule has 0 bridgehead atoms. The van der Waals surface area contributed by atoms with E-state index < -0.39 is 5.63 Å². The first-order valence-electron chi connectivity index (χ1n) is 8.24. The molecule has 0 fully saturated rings. The summed E-state index contributed by atoms with van der Waals surface area (Å²) in [5.74, 6) is -0.498. The second kappa shape index (κ2) is 6.48. The summed E-state index contributed by atoms with van der Waals surface area (Å²) in [6.07, 6.45) is 1.69. The fraction of sp³-hybridized carbons (Fsp3) is 0.100. The molecule has 4 aromatic rings. The molecule has 0 saturated heterocycles. The van der Waals surface area contributed by atoms with E-state index in [9.17, 15) is 14.7 Å². The zero-order valence-electron chi connectivity index (χ0n) is 14.3. The lowest BCUT2D eigenvalue weighted by molar-refractivity contribution is -0.115. The number of phenolic OH excluding ortho intramolecular Hbond substituents is 1. The van der Waals surface area contributed by atoms with Crippen LogP contribution in [0.25, 0.3) is 21.9 Å². The SMILES string of the molecule is Cc1c(CC(=O)Nc2ccc3[nH]ccc3c2)c(=O)oc2cc(O)c(Cl)cc12. The molecule has 3 N–H and O–H groups in total. The Morgan fingerprint density at radius 3 is 2.89 bits per heavy atom. The molecule has 7 heteroatoms. The van der Waals surface area contributed by atoms with Gasteiger partial charge in [-0.2, -0.15) is 0 Å². The minimum atomic E-state index is -0.613. The zero-order valence-corrected chi connectivity index (χ0v) is 15.1. The van der Waals surface area contributed by atoms with Crippen molar-refractivity contribution in [1.82, 2.24) is 4.98 Å². The number of hydrogen-bond acceptors (Lipinski definition) is 4. The van der Waals surface area contributed by atoms with Crippen molar-refractivity contribution in [2.75, 3.05) is 5.32 Å².